The van der Waals surface area contributed by atoms with Crippen molar-refractivity contribution >= 4 is 34.6 Å². The topological polar surface area (TPSA) is 102 Å². The van der Waals surface area contributed by atoms with Gasteiger partial charge in [-0.05, 0) is 42.3 Å². The molecule has 1 heterocycles. The van der Waals surface area contributed by atoms with Gasteiger partial charge >= 0.3 is 12.6 Å². The third kappa shape index (κ3) is 6.51. The molecule has 0 atom stereocenters. The molecular formula is C22H22F2N4O4S. The molecule has 0 spiro atoms. The number of rotatable bonds is 8. The Kier molecular flexibility index (Phi) is 7.99. The number of halogens is 2. The fourth-order valence-corrected chi connectivity index (χ4v) is 3.66. The summed E-state index contributed by atoms with van der Waals surface area (Å²) in [4.78, 5) is 41.7. The minimum atomic E-state index is -2.97. The number of benzene rings is 2. The Morgan fingerprint density at radius 1 is 1.12 bits per heavy atom. The minimum Gasteiger partial charge on any atom is -0.435 e. The summed E-state index contributed by atoms with van der Waals surface area (Å²) in [6.45, 7) is 1.30. The predicted octanol–water partition coefficient (Wildman–Crippen LogP) is 3.56. The van der Waals surface area contributed by atoms with Crippen LogP contribution in [0.15, 0.2) is 58.5 Å². The minimum absolute atomic E-state index is 0.0588. The number of aromatic nitrogens is 2. The molecule has 0 unspecified atom stereocenters. The summed E-state index contributed by atoms with van der Waals surface area (Å²) in [5.41, 5.74) is 0.409. The number of carbonyl (C=O) groups is 2. The Hall–Kier alpha value is -3.47. The van der Waals surface area contributed by atoms with E-state index in [9.17, 15) is 23.2 Å². The monoisotopic (exact) mass is 476 g/mol. The Morgan fingerprint density at radius 2 is 1.82 bits per heavy atom. The lowest BCUT2D eigenvalue weighted by Gasteiger charge is -2.14. The summed E-state index contributed by atoms with van der Waals surface area (Å²) in [7, 11) is 0. The second kappa shape index (κ2) is 10.9. The number of hydrogen-bond acceptors (Lipinski definition) is 6. The van der Waals surface area contributed by atoms with Gasteiger partial charge in [0.25, 0.3) is 5.56 Å². The standard InChI is InChI=1S/C22H22F2N4O4S/c1-13(2)11-25-21(31)27-18(29)12-33-22-26-17-6-4-3-5-16(17)19(30)28(22)14-7-9-15(10-8-14)32-20(23)24/h3-10,13,20H,11-12H2,1-2H3,(H2,25,27,29,31). The van der Waals surface area contributed by atoms with E-state index in [2.05, 4.69) is 20.4 Å². The van der Waals surface area contributed by atoms with E-state index >= 15 is 0 Å². The van der Waals surface area contributed by atoms with Gasteiger partial charge in [-0.3, -0.25) is 19.5 Å². The van der Waals surface area contributed by atoms with Crippen LogP contribution >= 0.6 is 11.8 Å². The predicted molar refractivity (Wildman–Crippen MR) is 121 cm³/mol. The number of nitrogens with zero attached hydrogens (tertiary/aromatic N) is 2. The van der Waals surface area contributed by atoms with Crippen LogP contribution in [0.2, 0.25) is 0 Å². The van der Waals surface area contributed by atoms with Crippen molar-refractivity contribution < 1.29 is 23.1 Å². The summed E-state index contributed by atoms with van der Waals surface area (Å²) < 4.78 is 30.5. The van der Waals surface area contributed by atoms with Gasteiger partial charge in [0.2, 0.25) is 5.91 Å². The van der Waals surface area contributed by atoms with Crippen LogP contribution in [0, 0.1) is 5.92 Å². The van der Waals surface area contributed by atoms with E-state index in [1.165, 1.54) is 28.8 Å². The molecule has 2 aromatic carbocycles. The zero-order chi connectivity index (χ0) is 24.0. The van der Waals surface area contributed by atoms with Crippen LogP contribution in [0.4, 0.5) is 13.6 Å². The van der Waals surface area contributed by atoms with E-state index in [-0.39, 0.29) is 28.1 Å². The van der Waals surface area contributed by atoms with Gasteiger partial charge in [-0.15, -0.1) is 0 Å². The van der Waals surface area contributed by atoms with Gasteiger partial charge in [-0.1, -0.05) is 37.7 Å². The van der Waals surface area contributed by atoms with Crippen LogP contribution in [-0.4, -0.2) is 40.4 Å². The van der Waals surface area contributed by atoms with Gasteiger partial charge in [0, 0.05) is 6.54 Å². The Bertz CT molecular complexity index is 1200. The molecule has 174 valence electrons. The first-order chi connectivity index (χ1) is 15.7. The average molecular weight is 477 g/mol. The lowest BCUT2D eigenvalue weighted by atomic mass is 10.2. The first-order valence-electron chi connectivity index (χ1n) is 10.0. The zero-order valence-corrected chi connectivity index (χ0v) is 18.7. The lowest BCUT2D eigenvalue weighted by Crippen LogP contribution is -2.41. The smallest absolute Gasteiger partial charge is 0.387 e. The molecule has 0 aliphatic heterocycles. The summed E-state index contributed by atoms with van der Waals surface area (Å²) in [5, 5.41) is 5.38. The summed E-state index contributed by atoms with van der Waals surface area (Å²) in [6.07, 6.45) is 0. The molecule has 8 nitrogen and oxygen atoms in total. The molecule has 1 aromatic heterocycles. The number of alkyl halides is 2. The maximum absolute atomic E-state index is 13.2. The number of fused-ring (bicyclic) bond motifs is 1. The number of carbonyl (C=O) groups excluding carboxylic acids is 2. The number of amides is 3. The van der Waals surface area contributed by atoms with Crippen LogP contribution in [0.3, 0.4) is 0 Å². The molecule has 33 heavy (non-hydrogen) atoms. The first kappa shape index (κ1) is 24.2. The summed E-state index contributed by atoms with van der Waals surface area (Å²) in [5.74, 6) is -0.562. The first-order valence-corrected chi connectivity index (χ1v) is 11.0. The van der Waals surface area contributed by atoms with Gasteiger partial charge in [-0.25, -0.2) is 9.78 Å². The second-order valence-corrected chi connectivity index (χ2v) is 8.31. The van der Waals surface area contributed by atoms with Crippen molar-refractivity contribution in [2.45, 2.75) is 25.6 Å². The van der Waals surface area contributed by atoms with Crippen molar-refractivity contribution in [3.05, 3.63) is 58.9 Å². The molecule has 3 aromatic rings. The highest BCUT2D eigenvalue weighted by atomic mass is 32.2. The fraction of sp³-hybridized carbons (Fsp3) is 0.273. The van der Waals surface area contributed by atoms with E-state index in [0.717, 1.165) is 11.8 Å². The highest BCUT2D eigenvalue weighted by molar-refractivity contribution is 7.99. The molecule has 0 radical (unpaired) electrons. The third-order valence-corrected chi connectivity index (χ3v) is 5.26. The van der Waals surface area contributed by atoms with Gasteiger partial charge < -0.3 is 10.1 Å². The van der Waals surface area contributed by atoms with Gasteiger partial charge in [-0.2, -0.15) is 8.78 Å². The molecule has 3 rings (SSSR count). The van der Waals surface area contributed by atoms with Crippen LogP contribution < -0.4 is 20.9 Å². The van der Waals surface area contributed by atoms with E-state index in [0.29, 0.717) is 23.1 Å². The van der Waals surface area contributed by atoms with Crippen LogP contribution in [-0.2, 0) is 4.79 Å². The average Bonchev–Trinajstić information content (AvgIpc) is 2.77. The van der Waals surface area contributed by atoms with E-state index in [1.807, 2.05) is 13.8 Å². The maximum Gasteiger partial charge on any atom is 0.387 e. The van der Waals surface area contributed by atoms with E-state index in [1.54, 1.807) is 24.3 Å². The van der Waals surface area contributed by atoms with Crippen molar-refractivity contribution in [2.24, 2.45) is 5.92 Å². The number of thioether (sulfide) groups is 1. The quantitative estimate of drug-likeness (QED) is 0.381. The van der Waals surface area contributed by atoms with Crippen molar-refractivity contribution in [3.8, 4) is 11.4 Å². The zero-order valence-electron chi connectivity index (χ0n) is 17.9. The molecule has 0 aliphatic carbocycles. The molecular weight excluding hydrogens is 454 g/mol. The summed E-state index contributed by atoms with van der Waals surface area (Å²) >= 11 is 0.969. The van der Waals surface area contributed by atoms with Crippen molar-refractivity contribution in [1.29, 1.82) is 0 Å². The Morgan fingerprint density at radius 3 is 2.48 bits per heavy atom. The lowest BCUT2D eigenvalue weighted by molar-refractivity contribution is -0.117. The van der Waals surface area contributed by atoms with Crippen molar-refractivity contribution in [2.75, 3.05) is 12.3 Å². The Labute approximate surface area is 192 Å². The number of hydrogen-bond donors (Lipinski definition) is 2. The maximum atomic E-state index is 13.2. The molecule has 0 fully saturated rings. The molecule has 0 aliphatic rings. The molecule has 0 bridgehead atoms. The van der Waals surface area contributed by atoms with E-state index in [4.69, 9.17) is 0 Å². The van der Waals surface area contributed by atoms with Gasteiger partial charge in [0.1, 0.15) is 5.75 Å². The molecule has 11 heteroatoms. The van der Waals surface area contributed by atoms with Crippen molar-refractivity contribution in [1.82, 2.24) is 20.2 Å². The highest BCUT2D eigenvalue weighted by Crippen LogP contribution is 2.23. The highest BCUT2D eigenvalue weighted by Gasteiger charge is 2.16. The number of imide groups is 1. The molecule has 0 saturated heterocycles. The van der Waals surface area contributed by atoms with Crippen LogP contribution in [0.1, 0.15) is 13.8 Å². The number of nitrogens with one attached hydrogen (secondary N) is 2. The number of urea groups is 1. The van der Waals surface area contributed by atoms with Crippen molar-refractivity contribution in [3.63, 3.8) is 0 Å². The number of ether oxygens (including phenoxy) is 1. The normalized spacial score (nSPS) is 11.1. The molecule has 0 saturated carbocycles. The van der Waals surface area contributed by atoms with Crippen LogP contribution in [0.25, 0.3) is 16.6 Å². The van der Waals surface area contributed by atoms with E-state index < -0.39 is 18.5 Å². The summed E-state index contributed by atoms with van der Waals surface area (Å²) in [6, 6.07) is 11.6. The molecule has 2 N–H and O–H groups in total. The fourth-order valence-electron chi connectivity index (χ4n) is 2.85. The SMILES string of the molecule is CC(C)CNC(=O)NC(=O)CSc1nc2ccccc2c(=O)n1-c1ccc(OC(F)F)cc1. The second-order valence-electron chi connectivity index (χ2n) is 7.37. The molecule has 3 amide bonds. The van der Waals surface area contributed by atoms with Gasteiger partial charge in [0.15, 0.2) is 5.16 Å². The van der Waals surface area contributed by atoms with Gasteiger partial charge in [0.05, 0.1) is 22.3 Å². The number of para-hydroxylation sites is 1. The van der Waals surface area contributed by atoms with Crippen LogP contribution in [0.5, 0.6) is 5.75 Å². The third-order valence-electron chi connectivity index (χ3n) is 4.32. The Balaban J connectivity index is 1.87. The largest absolute Gasteiger partial charge is 0.435 e.